The quantitative estimate of drug-likeness (QED) is 0.0900. The van der Waals surface area contributed by atoms with Crippen molar-refractivity contribution in [2.24, 2.45) is 21.7 Å². The second-order valence-electron chi connectivity index (χ2n) is 30.2. The number of rotatable bonds is 18. The van der Waals surface area contributed by atoms with Gasteiger partial charge in [-0.3, -0.25) is 0 Å². The molecule has 8 aromatic rings. The molecule has 2 aliphatic carbocycles. The normalized spacial score (nSPS) is 19.1. The van der Waals surface area contributed by atoms with Crippen LogP contribution in [0.4, 0.5) is 0 Å². The number of ether oxygens (including phenoxy) is 1. The minimum atomic E-state index is -1.23. The second kappa shape index (κ2) is 22.5. The van der Waals surface area contributed by atoms with E-state index in [0.717, 1.165) is 22.3 Å². The van der Waals surface area contributed by atoms with Crippen LogP contribution in [0, 0.1) is 21.7 Å². The molecule has 2 aliphatic rings. The zero-order chi connectivity index (χ0) is 62.7. The third-order valence-electron chi connectivity index (χ3n) is 24.5. The summed E-state index contributed by atoms with van der Waals surface area (Å²) in [5.41, 5.74) is -0.198. The molecule has 0 spiro atoms. The Hall–Kier alpha value is -7.04. The number of aliphatic hydroxyl groups excluding tert-OH is 2. The van der Waals surface area contributed by atoms with Crippen molar-refractivity contribution in [2.75, 3.05) is 0 Å². The summed E-state index contributed by atoms with van der Waals surface area (Å²) in [6.45, 7) is 38.4. The van der Waals surface area contributed by atoms with E-state index in [1.54, 1.807) is 0 Å². The highest BCUT2D eigenvalue weighted by atomic mass is 16.5. The first-order valence-corrected chi connectivity index (χ1v) is 31.9. The van der Waals surface area contributed by atoms with Crippen LogP contribution in [0.25, 0.3) is 0 Å². The molecule has 2 N–H and O–H groups in total. The molecule has 0 aromatic heterocycles. The maximum absolute atomic E-state index is 15.1. The Morgan fingerprint density at radius 2 is 0.402 bits per heavy atom. The van der Waals surface area contributed by atoms with Crippen LogP contribution < -0.4 is 0 Å². The molecule has 0 radical (unpaired) electrons. The van der Waals surface area contributed by atoms with Crippen molar-refractivity contribution in [3.63, 3.8) is 0 Å². The molecule has 0 heterocycles. The topological polar surface area (TPSA) is 49.7 Å². The number of hydrogen-bond donors (Lipinski definition) is 2. The SMILES string of the molecule is CC(C)(c1ccccc1)C1(C(C)(C)c2ccccc2)C=C(OC2=CC(C(C)(C)c3ccccc3)(C(C)(C)c3ccccc3)CC(C(C)(C)c3ccccc3)(C(C)(C)c3ccccc3)C2O)C(O)C(C(C)(C)c2ccccc2)(C(C)(C)c2ccccc2)C1. The molecule has 8 aromatic carbocycles. The average molecular weight is 1160 g/mol. The predicted molar refractivity (Wildman–Crippen MR) is 364 cm³/mol. The van der Waals surface area contributed by atoms with Crippen molar-refractivity contribution in [1.29, 1.82) is 0 Å². The Labute approximate surface area is 523 Å². The zero-order valence-corrected chi connectivity index (χ0v) is 55.1. The van der Waals surface area contributed by atoms with Crippen LogP contribution in [0.1, 0.15) is 168 Å². The minimum absolute atomic E-state index is 0.447. The number of aliphatic hydroxyl groups is 2. The fourth-order valence-electron chi connectivity index (χ4n) is 18.5. The van der Waals surface area contributed by atoms with E-state index in [0.29, 0.717) is 24.4 Å². The molecule has 0 bridgehead atoms. The fourth-order valence-corrected chi connectivity index (χ4v) is 18.5. The summed E-state index contributed by atoms with van der Waals surface area (Å²) < 4.78 is 8.45. The molecule has 3 heteroatoms. The lowest BCUT2D eigenvalue weighted by atomic mass is 9.35. The van der Waals surface area contributed by atoms with Crippen molar-refractivity contribution in [3.8, 4) is 0 Å². The van der Waals surface area contributed by atoms with E-state index in [1.807, 2.05) is 0 Å². The first-order valence-electron chi connectivity index (χ1n) is 31.9. The molecule has 0 saturated carbocycles. The summed E-state index contributed by atoms with van der Waals surface area (Å²) in [4.78, 5) is 0. The molecule has 452 valence electrons. The van der Waals surface area contributed by atoms with Gasteiger partial charge in [-0.05, 0) is 113 Å². The Morgan fingerprint density at radius 3 is 0.563 bits per heavy atom. The lowest BCUT2D eigenvalue weighted by Gasteiger charge is -2.69. The van der Waals surface area contributed by atoms with Gasteiger partial charge in [0.05, 0.1) is 0 Å². The van der Waals surface area contributed by atoms with Gasteiger partial charge in [0.15, 0.2) is 0 Å². The Balaban J connectivity index is 1.42. The van der Waals surface area contributed by atoms with Gasteiger partial charge in [0.2, 0.25) is 0 Å². The van der Waals surface area contributed by atoms with E-state index in [1.165, 1.54) is 22.3 Å². The summed E-state index contributed by atoms with van der Waals surface area (Å²) in [6, 6.07) is 87.7. The maximum atomic E-state index is 15.1. The summed E-state index contributed by atoms with van der Waals surface area (Å²) in [5.74, 6) is 0.893. The molecule has 2 unspecified atom stereocenters. The molecule has 0 amide bonds. The standard InChI is InChI=1S/C84H98O3/c1-73(2,61-41-25-17-26-42-61)81(74(3,4)62-43-27-18-28-44-62)57-69(71(85)83(59-81,77(9,10)65-49-33-21-34-50-65)78(11,12)66-51-35-22-36-52-66)87-70-58-82(75(5,6)63-45-29-19-30-46-63,76(7,8)64-47-31-20-32-48-64)60-84(72(70)86,79(13,14)67-53-37-23-38-54-67)80(15,16)68-55-39-24-40-56-68/h17-58,71-72,85-86H,59-60H2,1-16H3. The van der Waals surface area contributed by atoms with Gasteiger partial charge < -0.3 is 14.9 Å². The van der Waals surface area contributed by atoms with E-state index < -0.39 is 77.2 Å². The van der Waals surface area contributed by atoms with Crippen molar-refractivity contribution in [2.45, 2.75) is 179 Å². The van der Waals surface area contributed by atoms with Crippen LogP contribution in [0.15, 0.2) is 266 Å². The van der Waals surface area contributed by atoms with Crippen molar-refractivity contribution >= 4 is 0 Å². The van der Waals surface area contributed by atoms with E-state index in [9.17, 15) is 0 Å². The monoisotopic (exact) mass is 1150 g/mol. The molecule has 2 atom stereocenters. The van der Waals surface area contributed by atoms with Crippen molar-refractivity contribution in [3.05, 3.63) is 311 Å². The second-order valence-corrected chi connectivity index (χ2v) is 30.2. The third-order valence-corrected chi connectivity index (χ3v) is 24.5. The highest BCUT2D eigenvalue weighted by molar-refractivity contribution is 5.51. The molecular formula is C84H98O3. The van der Waals surface area contributed by atoms with Gasteiger partial charge in [-0.15, -0.1) is 0 Å². The largest absolute Gasteiger partial charge is 0.461 e. The highest BCUT2D eigenvalue weighted by Gasteiger charge is 2.73. The molecule has 0 fully saturated rings. The van der Waals surface area contributed by atoms with E-state index in [4.69, 9.17) is 4.74 Å². The van der Waals surface area contributed by atoms with E-state index in [-0.39, 0.29) is 0 Å². The van der Waals surface area contributed by atoms with E-state index in [2.05, 4.69) is 366 Å². The van der Waals surface area contributed by atoms with Gasteiger partial charge in [0, 0.05) is 21.7 Å². The maximum Gasteiger partial charge on any atom is 0.129 e. The van der Waals surface area contributed by atoms with E-state index >= 15 is 10.2 Å². The van der Waals surface area contributed by atoms with Crippen LogP contribution in [-0.4, -0.2) is 22.4 Å². The van der Waals surface area contributed by atoms with Crippen LogP contribution in [-0.2, 0) is 48.1 Å². The summed E-state index contributed by atoms with van der Waals surface area (Å²) >= 11 is 0. The lowest BCUT2D eigenvalue weighted by molar-refractivity contribution is -0.156. The van der Waals surface area contributed by atoms with Crippen molar-refractivity contribution < 1.29 is 14.9 Å². The highest BCUT2D eigenvalue weighted by Crippen LogP contribution is 2.74. The molecule has 0 aliphatic heterocycles. The Kier molecular flexibility index (Phi) is 16.3. The summed E-state index contributed by atoms with van der Waals surface area (Å²) in [5, 5.41) is 30.2. The lowest BCUT2D eigenvalue weighted by Crippen LogP contribution is -2.69. The van der Waals surface area contributed by atoms with Crippen LogP contribution in [0.2, 0.25) is 0 Å². The number of benzene rings is 8. The van der Waals surface area contributed by atoms with Gasteiger partial charge in [0.25, 0.3) is 0 Å². The predicted octanol–water partition coefficient (Wildman–Crippen LogP) is 20.1. The molecular weight excluding hydrogens is 1060 g/mol. The Morgan fingerprint density at radius 1 is 0.253 bits per heavy atom. The Bertz CT molecular complexity index is 3210. The molecule has 3 nitrogen and oxygen atoms in total. The first kappa shape index (κ1) is 63.0. The van der Waals surface area contributed by atoms with Gasteiger partial charge in [-0.1, -0.05) is 353 Å². The summed E-state index contributed by atoms with van der Waals surface area (Å²) in [7, 11) is 0. The van der Waals surface area contributed by atoms with Gasteiger partial charge >= 0.3 is 0 Å². The minimum Gasteiger partial charge on any atom is -0.461 e. The zero-order valence-electron chi connectivity index (χ0n) is 55.1. The molecule has 0 saturated heterocycles. The smallest absolute Gasteiger partial charge is 0.129 e. The van der Waals surface area contributed by atoms with Gasteiger partial charge in [-0.2, -0.15) is 0 Å². The fraction of sp³-hybridized carbons (Fsp3) is 0.381. The third kappa shape index (κ3) is 9.41. The van der Waals surface area contributed by atoms with Gasteiger partial charge in [-0.25, -0.2) is 0 Å². The van der Waals surface area contributed by atoms with Crippen LogP contribution in [0.5, 0.6) is 0 Å². The molecule has 10 rings (SSSR count). The van der Waals surface area contributed by atoms with Gasteiger partial charge in [0.1, 0.15) is 23.7 Å². The number of hydrogen-bond acceptors (Lipinski definition) is 3. The summed E-state index contributed by atoms with van der Waals surface area (Å²) in [6.07, 6.45) is 3.39. The number of allylic oxidation sites excluding steroid dienone is 2. The first-order chi connectivity index (χ1) is 41.0. The molecule has 87 heavy (non-hydrogen) atoms. The average Bonchev–Trinajstić information content (AvgIpc) is 0.680. The van der Waals surface area contributed by atoms with Crippen LogP contribution >= 0.6 is 0 Å². The van der Waals surface area contributed by atoms with Crippen LogP contribution in [0.3, 0.4) is 0 Å². The van der Waals surface area contributed by atoms with Crippen molar-refractivity contribution in [1.82, 2.24) is 0 Å².